The molecule has 2 heterocycles. The van der Waals surface area contributed by atoms with Crippen molar-refractivity contribution in [2.75, 3.05) is 7.11 Å². The minimum absolute atomic E-state index is 0. The zero-order valence-corrected chi connectivity index (χ0v) is 21.1. The number of para-hydroxylation sites is 1. The van der Waals surface area contributed by atoms with E-state index in [4.69, 9.17) is 4.74 Å². The van der Waals surface area contributed by atoms with Crippen molar-refractivity contribution in [1.82, 2.24) is 9.97 Å². The Hall–Kier alpha value is -2.47. The number of rotatable bonds is 4. The standard InChI is InChI=1S/C24H20N2O3.3ClH.Mn/c1-15-4-3-5-19(24(15)28)16-6-9-21(25-13-16)22-10-7-17(14-26-22)20-12-18(29-2)8-11-23(20)27;;;;/h3-14,27-28H,1-2H3;3*1H;/q;;;;+3/p-3. The van der Waals surface area contributed by atoms with Crippen LogP contribution >= 0.6 is 0 Å². The van der Waals surface area contributed by atoms with Crippen LogP contribution in [0.25, 0.3) is 33.6 Å². The number of hydrogen-bond donors (Lipinski definition) is 2. The van der Waals surface area contributed by atoms with Gasteiger partial charge in [-0.1, -0.05) is 30.3 Å². The van der Waals surface area contributed by atoms with E-state index in [2.05, 4.69) is 9.97 Å². The third kappa shape index (κ3) is 6.53. The van der Waals surface area contributed by atoms with Crippen molar-refractivity contribution in [3.63, 3.8) is 0 Å². The minimum Gasteiger partial charge on any atom is -1.00 e. The second-order valence-electron chi connectivity index (χ2n) is 6.72. The summed E-state index contributed by atoms with van der Waals surface area (Å²) in [6, 6.07) is 18.3. The summed E-state index contributed by atoms with van der Waals surface area (Å²) < 4.78 is 5.23. The van der Waals surface area contributed by atoms with Crippen molar-refractivity contribution in [1.29, 1.82) is 0 Å². The van der Waals surface area contributed by atoms with Crippen LogP contribution in [0.4, 0.5) is 0 Å². The largest absolute Gasteiger partial charge is 3.00 e. The molecular weight excluding hydrogens is 526 g/mol. The minimum atomic E-state index is 0. The number of aromatic hydroxyl groups is 2. The summed E-state index contributed by atoms with van der Waals surface area (Å²) in [6.07, 6.45) is 3.43. The third-order valence-electron chi connectivity index (χ3n) is 4.85. The number of phenolic OH excluding ortho intramolecular Hbond substituents is 2. The van der Waals surface area contributed by atoms with Gasteiger partial charge in [0.2, 0.25) is 0 Å². The van der Waals surface area contributed by atoms with Gasteiger partial charge < -0.3 is 52.2 Å². The van der Waals surface area contributed by atoms with Crippen LogP contribution in [0.5, 0.6) is 17.2 Å². The number of aromatic nitrogens is 2. The van der Waals surface area contributed by atoms with E-state index in [0.717, 1.165) is 33.6 Å². The molecule has 33 heavy (non-hydrogen) atoms. The normalized spacial score (nSPS) is 9.39. The first-order chi connectivity index (χ1) is 14.1. The molecule has 0 aliphatic carbocycles. The maximum atomic E-state index is 10.3. The smallest absolute Gasteiger partial charge is 1.00 e. The number of benzene rings is 2. The average molecular weight is 546 g/mol. The average Bonchev–Trinajstić information content (AvgIpc) is 2.76. The van der Waals surface area contributed by atoms with Crippen molar-refractivity contribution < 1.29 is 69.2 Å². The molecule has 0 spiro atoms. The molecular formula is C24H20Cl3MnN2O3. The van der Waals surface area contributed by atoms with E-state index in [9.17, 15) is 10.2 Å². The fraction of sp³-hybridized carbons (Fsp3) is 0.0833. The van der Waals surface area contributed by atoms with Gasteiger partial charge in [0, 0.05) is 34.6 Å². The first-order valence-corrected chi connectivity index (χ1v) is 9.15. The van der Waals surface area contributed by atoms with Crippen molar-refractivity contribution in [3.8, 4) is 50.9 Å². The summed E-state index contributed by atoms with van der Waals surface area (Å²) >= 11 is 0. The third-order valence-corrected chi connectivity index (χ3v) is 4.85. The number of methoxy groups -OCH3 is 1. The second-order valence-corrected chi connectivity index (χ2v) is 6.72. The molecule has 0 aliphatic heterocycles. The molecule has 9 heteroatoms. The maximum absolute atomic E-state index is 10.3. The monoisotopic (exact) mass is 544 g/mol. The number of phenols is 2. The van der Waals surface area contributed by atoms with Crippen LogP contribution in [-0.4, -0.2) is 27.3 Å². The van der Waals surface area contributed by atoms with Crippen molar-refractivity contribution in [2.45, 2.75) is 6.92 Å². The molecule has 0 atom stereocenters. The zero-order valence-electron chi connectivity index (χ0n) is 17.6. The van der Waals surface area contributed by atoms with E-state index in [0.29, 0.717) is 11.3 Å². The Morgan fingerprint density at radius 2 is 1.30 bits per heavy atom. The molecule has 5 nitrogen and oxygen atoms in total. The number of aryl methyl sites for hydroxylation is 1. The Labute approximate surface area is 222 Å². The van der Waals surface area contributed by atoms with Crippen molar-refractivity contribution >= 4 is 0 Å². The summed E-state index contributed by atoms with van der Waals surface area (Å²) in [4.78, 5) is 8.99. The molecule has 2 aromatic carbocycles. The van der Waals surface area contributed by atoms with Crippen LogP contribution in [0.1, 0.15) is 5.56 Å². The van der Waals surface area contributed by atoms with Gasteiger partial charge in [0.1, 0.15) is 17.2 Å². The van der Waals surface area contributed by atoms with Crippen LogP contribution in [-0.2, 0) is 17.1 Å². The van der Waals surface area contributed by atoms with Gasteiger partial charge in [-0.2, -0.15) is 0 Å². The summed E-state index contributed by atoms with van der Waals surface area (Å²) in [7, 11) is 1.59. The Morgan fingerprint density at radius 3 is 1.82 bits per heavy atom. The van der Waals surface area contributed by atoms with Crippen LogP contribution in [0, 0.1) is 6.92 Å². The first-order valence-electron chi connectivity index (χ1n) is 9.15. The summed E-state index contributed by atoms with van der Waals surface area (Å²) in [5.74, 6) is 1.10. The van der Waals surface area contributed by atoms with E-state index in [-0.39, 0.29) is 65.8 Å². The molecule has 0 amide bonds. The van der Waals surface area contributed by atoms with Gasteiger partial charge in [0.05, 0.1) is 18.5 Å². The van der Waals surface area contributed by atoms with E-state index >= 15 is 0 Å². The van der Waals surface area contributed by atoms with Gasteiger partial charge in [-0.25, -0.2) is 0 Å². The summed E-state index contributed by atoms with van der Waals surface area (Å²) in [5, 5.41) is 20.4. The Balaban J connectivity index is 0.00000256. The predicted molar refractivity (Wildman–Crippen MR) is 113 cm³/mol. The SMILES string of the molecule is COc1ccc(O)c(-c2ccc(-c3ccc(-c4cccc(C)c4O)cn3)nc2)c1.[Cl-].[Cl-].[Cl-].[Mn+3]. The maximum Gasteiger partial charge on any atom is 3.00 e. The quantitative estimate of drug-likeness (QED) is 0.258. The molecule has 0 unspecified atom stereocenters. The molecule has 0 radical (unpaired) electrons. The summed E-state index contributed by atoms with van der Waals surface area (Å²) in [5.41, 5.74) is 5.30. The molecule has 0 fully saturated rings. The van der Waals surface area contributed by atoms with Gasteiger partial charge >= 0.3 is 17.1 Å². The van der Waals surface area contributed by atoms with Crippen molar-refractivity contribution in [3.05, 3.63) is 78.6 Å². The van der Waals surface area contributed by atoms with Gasteiger partial charge in [0.25, 0.3) is 0 Å². The van der Waals surface area contributed by atoms with Crippen LogP contribution in [0.3, 0.4) is 0 Å². The van der Waals surface area contributed by atoms with Gasteiger partial charge in [-0.15, -0.1) is 0 Å². The van der Waals surface area contributed by atoms with E-state index in [1.165, 1.54) is 0 Å². The number of hydrogen-bond acceptors (Lipinski definition) is 5. The van der Waals surface area contributed by atoms with Gasteiger partial charge in [0.15, 0.2) is 0 Å². The van der Waals surface area contributed by atoms with Crippen LogP contribution < -0.4 is 42.0 Å². The fourth-order valence-electron chi connectivity index (χ4n) is 3.17. The number of halogens is 3. The van der Waals surface area contributed by atoms with Crippen molar-refractivity contribution in [2.24, 2.45) is 0 Å². The van der Waals surface area contributed by atoms with Crippen LogP contribution in [0.2, 0.25) is 0 Å². The van der Waals surface area contributed by atoms with Gasteiger partial charge in [-0.05, 0) is 42.8 Å². The molecule has 2 aromatic heterocycles. The Bertz CT molecular complexity index is 1170. The summed E-state index contributed by atoms with van der Waals surface area (Å²) in [6.45, 7) is 1.87. The topological polar surface area (TPSA) is 75.5 Å². The zero-order chi connectivity index (χ0) is 20.4. The molecule has 0 aliphatic rings. The molecule has 4 aromatic rings. The first kappa shape index (κ1) is 30.5. The van der Waals surface area contributed by atoms with E-state index < -0.39 is 0 Å². The molecule has 4 rings (SSSR count). The predicted octanol–water partition coefficient (Wildman–Crippen LogP) is -3.78. The molecule has 2 N–H and O–H groups in total. The van der Waals surface area contributed by atoms with E-state index in [1.54, 1.807) is 37.7 Å². The molecule has 172 valence electrons. The number of nitrogens with zero attached hydrogens (tertiary/aromatic N) is 2. The number of pyridine rings is 2. The van der Waals surface area contributed by atoms with E-state index in [1.807, 2.05) is 49.4 Å². The fourth-order valence-corrected chi connectivity index (χ4v) is 3.17. The second kappa shape index (κ2) is 13.3. The molecule has 0 bridgehead atoms. The number of ether oxygens (including phenoxy) is 1. The van der Waals surface area contributed by atoms with Gasteiger partial charge in [-0.3, -0.25) is 9.97 Å². The Morgan fingerprint density at radius 1 is 0.727 bits per heavy atom. The Kier molecular flexibility index (Phi) is 12.3. The molecule has 0 saturated heterocycles. The molecule has 0 saturated carbocycles. The van der Waals surface area contributed by atoms with Crippen LogP contribution in [0.15, 0.2) is 73.1 Å².